The van der Waals surface area contributed by atoms with Crippen LogP contribution in [0.3, 0.4) is 0 Å². The van der Waals surface area contributed by atoms with Crippen LogP contribution in [-0.2, 0) is 6.54 Å². The monoisotopic (exact) mass is 297 g/mol. The van der Waals surface area contributed by atoms with Gasteiger partial charge in [0, 0.05) is 13.1 Å². The van der Waals surface area contributed by atoms with Crippen LogP contribution >= 0.6 is 0 Å². The Balaban J connectivity index is 1.68. The molecule has 2 heterocycles. The van der Waals surface area contributed by atoms with Crippen LogP contribution in [-0.4, -0.2) is 26.7 Å². The topological polar surface area (TPSA) is 57.7 Å². The second-order valence-electron chi connectivity index (χ2n) is 5.78. The zero-order valence-corrected chi connectivity index (χ0v) is 12.0. The van der Waals surface area contributed by atoms with E-state index in [0.717, 1.165) is 34.9 Å². The second-order valence-corrected chi connectivity index (χ2v) is 5.78. The molecule has 4 rings (SSSR count). The molecule has 112 valence electrons. The molecule has 1 saturated carbocycles. The Hall–Kier alpha value is -2.50. The molecule has 1 aliphatic carbocycles. The third-order valence-corrected chi connectivity index (χ3v) is 3.99. The van der Waals surface area contributed by atoms with Gasteiger partial charge in [-0.1, -0.05) is 12.1 Å². The maximum Gasteiger partial charge on any atom is 0.160 e. The number of nitrogens with zero attached hydrogens (tertiary/aromatic N) is 4. The third-order valence-electron chi connectivity index (χ3n) is 3.99. The van der Waals surface area contributed by atoms with E-state index in [1.165, 1.54) is 25.0 Å². The van der Waals surface area contributed by atoms with Gasteiger partial charge < -0.3 is 4.90 Å². The first-order valence-electron chi connectivity index (χ1n) is 7.43. The number of benzene rings is 1. The molecule has 1 N–H and O–H groups in total. The van der Waals surface area contributed by atoms with Gasteiger partial charge in [-0.15, -0.1) is 0 Å². The summed E-state index contributed by atoms with van der Waals surface area (Å²) in [7, 11) is 0. The van der Waals surface area contributed by atoms with E-state index >= 15 is 0 Å². The lowest BCUT2D eigenvalue weighted by atomic mass is 10.2. The van der Waals surface area contributed by atoms with Gasteiger partial charge in [0.1, 0.15) is 18.0 Å². The molecule has 1 aliphatic rings. The van der Waals surface area contributed by atoms with Crippen molar-refractivity contribution in [2.75, 3.05) is 11.4 Å². The van der Waals surface area contributed by atoms with Crippen molar-refractivity contribution in [2.45, 2.75) is 19.4 Å². The number of rotatable bonds is 5. The Morgan fingerprint density at radius 1 is 1.18 bits per heavy atom. The molecule has 0 atom stereocenters. The van der Waals surface area contributed by atoms with E-state index in [0.29, 0.717) is 6.54 Å². The summed E-state index contributed by atoms with van der Waals surface area (Å²) < 4.78 is 13.1. The lowest BCUT2D eigenvalue weighted by molar-refractivity contribution is 0.626. The van der Waals surface area contributed by atoms with Crippen molar-refractivity contribution < 1.29 is 4.39 Å². The van der Waals surface area contributed by atoms with Crippen LogP contribution in [0, 0.1) is 11.7 Å². The van der Waals surface area contributed by atoms with E-state index in [1.807, 2.05) is 12.1 Å². The maximum atomic E-state index is 13.1. The maximum absolute atomic E-state index is 13.1. The molecular formula is C16H16FN5. The molecule has 0 radical (unpaired) electrons. The standard InChI is InChI=1S/C16H16FN5/c17-13-5-3-12(4-6-13)9-22(8-11-1-2-11)16-14-7-20-21-15(14)18-10-19-16/h3-7,10-11H,1-2,8-9H2,(H,18,19,20,21). The zero-order chi connectivity index (χ0) is 14.9. The van der Waals surface area contributed by atoms with Crippen molar-refractivity contribution in [1.29, 1.82) is 0 Å². The van der Waals surface area contributed by atoms with E-state index in [4.69, 9.17) is 0 Å². The molecule has 6 heteroatoms. The normalized spacial score (nSPS) is 14.4. The van der Waals surface area contributed by atoms with Crippen molar-refractivity contribution in [1.82, 2.24) is 20.2 Å². The average Bonchev–Trinajstić information content (AvgIpc) is 3.21. The van der Waals surface area contributed by atoms with Gasteiger partial charge in [-0.05, 0) is 36.5 Å². The molecule has 1 aromatic carbocycles. The number of aromatic nitrogens is 4. The third kappa shape index (κ3) is 2.64. The Morgan fingerprint density at radius 2 is 2.00 bits per heavy atom. The summed E-state index contributed by atoms with van der Waals surface area (Å²) in [5.74, 6) is 1.39. The number of anilines is 1. The van der Waals surface area contributed by atoms with Gasteiger partial charge in [-0.3, -0.25) is 5.10 Å². The van der Waals surface area contributed by atoms with Crippen LogP contribution in [0.4, 0.5) is 10.2 Å². The summed E-state index contributed by atoms with van der Waals surface area (Å²) in [5, 5.41) is 7.85. The first kappa shape index (κ1) is 13.2. The average molecular weight is 297 g/mol. The highest BCUT2D eigenvalue weighted by molar-refractivity contribution is 5.86. The fourth-order valence-corrected chi connectivity index (χ4v) is 2.65. The molecule has 0 unspecified atom stereocenters. The molecule has 0 saturated heterocycles. The molecule has 1 fully saturated rings. The molecular weight excluding hydrogens is 281 g/mol. The van der Waals surface area contributed by atoms with E-state index < -0.39 is 0 Å². The summed E-state index contributed by atoms with van der Waals surface area (Å²) in [6.07, 6.45) is 5.84. The van der Waals surface area contributed by atoms with Gasteiger partial charge in [0.2, 0.25) is 0 Å². The Bertz CT molecular complexity index is 779. The van der Waals surface area contributed by atoms with Crippen LogP contribution in [0.2, 0.25) is 0 Å². The predicted octanol–water partition coefficient (Wildman–Crippen LogP) is 2.91. The van der Waals surface area contributed by atoms with Crippen molar-refractivity contribution in [2.24, 2.45) is 5.92 Å². The lowest BCUT2D eigenvalue weighted by Crippen LogP contribution is -2.26. The number of hydrogen-bond donors (Lipinski definition) is 1. The first-order valence-corrected chi connectivity index (χ1v) is 7.43. The molecule has 22 heavy (non-hydrogen) atoms. The van der Waals surface area contributed by atoms with Gasteiger partial charge in [-0.25, -0.2) is 14.4 Å². The minimum atomic E-state index is -0.211. The molecule has 0 amide bonds. The van der Waals surface area contributed by atoms with Crippen molar-refractivity contribution in [3.8, 4) is 0 Å². The van der Waals surface area contributed by atoms with Crippen LogP contribution in [0.1, 0.15) is 18.4 Å². The number of fused-ring (bicyclic) bond motifs is 1. The van der Waals surface area contributed by atoms with Gasteiger partial charge in [0.05, 0.1) is 11.6 Å². The summed E-state index contributed by atoms with van der Waals surface area (Å²) in [4.78, 5) is 10.9. The van der Waals surface area contributed by atoms with Gasteiger partial charge in [0.15, 0.2) is 5.65 Å². The minimum Gasteiger partial charge on any atom is -0.351 e. The highest BCUT2D eigenvalue weighted by Crippen LogP contribution is 2.33. The molecule has 0 spiro atoms. The summed E-state index contributed by atoms with van der Waals surface area (Å²) in [6, 6.07) is 6.64. The van der Waals surface area contributed by atoms with Crippen LogP contribution in [0.15, 0.2) is 36.8 Å². The predicted molar refractivity (Wildman–Crippen MR) is 81.9 cm³/mol. The molecule has 3 aromatic rings. The first-order chi connectivity index (χ1) is 10.8. The Kier molecular flexibility index (Phi) is 3.21. The van der Waals surface area contributed by atoms with Gasteiger partial charge >= 0.3 is 0 Å². The van der Waals surface area contributed by atoms with E-state index in [1.54, 1.807) is 12.5 Å². The van der Waals surface area contributed by atoms with Gasteiger partial charge in [-0.2, -0.15) is 5.10 Å². The van der Waals surface area contributed by atoms with Crippen LogP contribution in [0.5, 0.6) is 0 Å². The second kappa shape index (κ2) is 5.36. The van der Waals surface area contributed by atoms with Crippen molar-refractivity contribution >= 4 is 16.9 Å². The largest absolute Gasteiger partial charge is 0.351 e. The lowest BCUT2D eigenvalue weighted by Gasteiger charge is -2.24. The van der Waals surface area contributed by atoms with Crippen molar-refractivity contribution in [3.05, 3.63) is 48.2 Å². The number of hydrogen-bond acceptors (Lipinski definition) is 4. The number of H-pyrrole nitrogens is 1. The summed E-state index contributed by atoms with van der Waals surface area (Å²) in [5.41, 5.74) is 1.81. The summed E-state index contributed by atoms with van der Waals surface area (Å²) >= 11 is 0. The fraction of sp³-hybridized carbons (Fsp3) is 0.312. The van der Waals surface area contributed by atoms with Crippen LogP contribution in [0.25, 0.3) is 11.0 Å². The van der Waals surface area contributed by atoms with Gasteiger partial charge in [0.25, 0.3) is 0 Å². The van der Waals surface area contributed by atoms with E-state index in [2.05, 4.69) is 25.1 Å². The van der Waals surface area contributed by atoms with E-state index in [9.17, 15) is 4.39 Å². The van der Waals surface area contributed by atoms with Crippen molar-refractivity contribution in [3.63, 3.8) is 0 Å². The zero-order valence-electron chi connectivity index (χ0n) is 12.0. The minimum absolute atomic E-state index is 0.211. The SMILES string of the molecule is Fc1ccc(CN(CC2CC2)c2ncnc3[nH]ncc23)cc1. The quantitative estimate of drug-likeness (QED) is 0.786. The Morgan fingerprint density at radius 3 is 2.77 bits per heavy atom. The van der Waals surface area contributed by atoms with E-state index in [-0.39, 0.29) is 5.82 Å². The smallest absolute Gasteiger partial charge is 0.160 e. The summed E-state index contributed by atoms with van der Waals surface area (Å²) in [6.45, 7) is 1.66. The molecule has 5 nitrogen and oxygen atoms in total. The number of nitrogens with one attached hydrogen (secondary N) is 1. The number of halogens is 1. The highest BCUT2D eigenvalue weighted by Gasteiger charge is 2.26. The molecule has 0 aliphatic heterocycles. The fourth-order valence-electron chi connectivity index (χ4n) is 2.65. The highest BCUT2D eigenvalue weighted by atomic mass is 19.1. The van der Waals surface area contributed by atoms with Crippen LogP contribution < -0.4 is 4.90 Å². The molecule has 0 bridgehead atoms. The molecule has 2 aromatic heterocycles. The number of aromatic amines is 1. The Labute approximate surface area is 127 Å².